The first-order valence-corrected chi connectivity index (χ1v) is 7.10. The summed E-state index contributed by atoms with van der Waals surface area (Å²) in [4.78, 5) is 0. The molecular weight excluding hydrogens is 232 g/mol. The Hall–Kier alpha value is -1.54. The predicted molar refractivity (Wildman–Crippen MR) is 84.4 cm³/mol. The molecular formula is C17H24N2. The van der Waals surface area contributed by atoms with Gasteiger partial charge in [0.25, 0.3) is 0 Å². The number of aromatic nitrogens is 1. The van der Waals surface area contributed by atoms with E-state index in [0.717, 1.165) is 6.54 Å². The van der Waals surface area contributed by atoms with Crippen LogP contribution in [0.4, 0.5) is 0 Å². The lowest BCUT2D eigenvalue weighted by Gasteiger charge is -2.08. The van der Waals surface area contributed by atoms with Crippen LogP contribution in [0.15, 0.2) is 30.3 Å². The maximum absolute atomic E-state index is 3.48. The van der Waals surface area contributed by atoms with Gasteiger partial charge in [-0.3, -0.25) is 0 Å². The first-order chi connectivity index (χ1) is 9.15. The highest BCUT2D eigenvalue weighted by Crippen LogP contribution is 2.25. The second-order valence-electron chi connectivity index (χ2n) is 5.19. The van der Waals surface area contributed by atoms with E-state index < -0.39 is 0 Å². The summed E-state index contributed by atoms with van der Waals surface area (Å²) >= 11 is 0. The Bertz CT molecular complexity index is 539. The molecule has 19 heavy (non-hydrogen) atoms. The monoisotopic (exact) mass is 256 g/mol. The van der Waals surface area contributed by atoms with Gasteiger partial charge in [-0.25, -0.2) is 0 Å². The van der Waals surface area contributed by atoms with Crippen LogP contribution in [-0.4, -0.2) is 17.2 Å². The van der Waals surface area contributed by atoms with E-state index in [1.807, 2.05) is 0 Å². The van der Waals surface area contributed by atoms with E-state index in [1.54, 1.807) is 0 Å². The third-order valence-corrected chi connectivity index (χ3v) is 3.67. The highest BCUT2D eigenvalue weighted by atomic mass is 14.9. The molecule has 1 aromatic carbocycles. The standard InChI is InChI=1S/C17H24N2/c1-5-12-18-13(2)10-11-16-14(3)15-8-6-7-9-17(15)19(16)4/h6-11,13,18H,5,12H2,1-4H3/b11-10+. The van der Waals surface area contributed by atoms with Crippen LogP contribution in [0.2, 0.25) is 0 Å². The Morgan fingerprint density at radius 3 is 2.74 bits per heavy atom. The van der Waals surface area contributed by atoms with Gasteiger partial charge in [0.05, 0.1) is 0 Å². The van der Waals surface area contributed by atoms with Gasteiger partial charge in [0.2, 0.25) is 0 Å². The van der Waals surface area contributed by atoms with Crippen LogP contribution in [0.1, 0.15) is 31.5 Å². The second kappa shape index (κ2) is 6.07. The molecule has 1 aromatic heterocycles. The number of rotatable bonds is 5. The van der Waals surface area contributed by atoms with Gasteiger partial charge >= 0.3 is 0 Å². The molecule has 0 radical (unpaired) electrons. The molecule has 0 amide bonds. The average molecular weight is 256 g/mol. The molecule has 1 atom stereocenters. The maximum Gasteiger partial charge on any atom is 0.0485 e. The van der Waals surface area contributed by atoms with Gasteiger partial charge in [-0.2, -0.15) is 0 Å². The van der Waals surface area contributed by atoms with E-state index in [1.165, 1.54) is 28.6 Å². The van der Waals surface area contributed by atoms with Crippen molar-refractivity contribution in [2.75, 3.05) is 6.54 Å². The van der Waals surface area contributed by atoms with E-state index in [-0.39, 0.29) is 0 Å². The van der Waals surface area contributed by atoms with Crippen LogP contribution >= 0.6 is 0 Å². The average Bonchev–Trinajstić information content (AvgIpc) is 2.67. The zero-order valence-corrected chi connectivity index (χ0v) is 12.4. The van der Waals surface area contributed by atoms with Crippen molar-refractivity contribution < 1.29 is 0 Å². The van der Waals surface area contributed by atoms with Crippen LogP contribution < -0.4 is 5.32 Å². The van der Waals surface area contributed by atoms with Gasteiger partial charge in [-0.05, 0) is 44.5 Å². The minimum absolute atomic E-state index is 0.414. The quantitative estimate of drug-likeness (QED) is 0.859. The van der Waals surface area contributed by atoms with E-state index in [0.29, 0.717) is 6.04 Å². The van der Waals surface area contributed by atoms with Gasteiger partial charge in [0, 0.05) is 29.7 Å². The van der Waals surface area contributed by atoms with Crippen molar-refractivity contribution in [2.24, 2.45) is 7.05 Å². The van der Waals surface area contributed by atoms with Crippen LogP contribution in [0.3, 0.4) is 0 Å². The molecule has 2 rings (SSSR count). The van der Waals surface area contributed by atoms with Crippen molar-refractivity contribution in [3.8, 4) is 0 Å². The van der Waals surface area contributed by atoms with Crippen molar-refractivity contribution in [1.29, 1.82) is 0 Å². The number of hydrogen-bond acceptors (Lipinski definition) is 1. The van der Waals surface area contributed by atoms with Crippen LogP contribution in [0, 0.1) is 6.92 Å². The molecule has 102 valence electrons. The van der Waals surface area contributed by atoms with Crippen molar-refractivity contribution in [3.63, 3.8) is 0 Å². The van der Waals surface area contributed by atoms with Crippen LogP contribution in [0.25, 0.3) is 17.0 Å². The second-order valence-corrected chi connectivity index (χ2v) is 5.19. The van der Waals surface area contributed by atoms with E-state index >= 15 is 0 Å². The van der Waals surface area contributed by atoms with Crippen molar-refractivity contribution >= 4 is 17.0 Å². The zero-order chi connectivity index (χ0) is 13.8. The largest absolute Gasteiger partial charge is 0.344 e. The summed E-state index contributed by atoms with van der Waals surface area (Å²) in [5.74, 6) is 0. The molecule has 1 unspecified atom stereocenters. The molecule has 0 saturated heterocycles. The molecule has 0 aliphatic rings. The van der Waals surface area contributed by atoms with Gasteiger partial charge in [-0.1, -0.05) is 31.2 Å². The number of benzene rings is 1. The third-order valence-electron chi connectivity index (χ3n) is 3.67. The fourth-order valence-corrected chi connectivity index (χ4v) is 2.51. The van der Waals surface area contributed by atoms with Gasteiger partial charge in [0.15, 0.2) is 0 Å². The van der Waals surface area contributed by atoms with Crippen molar-refractivity contribution in [2.45, 2.75) is 33.2 Å². The minimum atomic E-state index is 0.414. The number of fused-ring (bicyclic) bond motifs is 1. The zero-order valence-electron chi connectivity index (χ0n) is 12.4. The molecule has 2 aromatic rings. The summed E-state index contributed by atoms with van der Waals surface area (Å²) in [5.41, 5.74) is 3.96. The third kappa shape index (κ3) is 2.90. The maximum atomic E-state index is 3.48. The molecule has 0 saturated carbocycles. The Balaban J connectivity index is 2.28. The number of nitrogens with one attached hydrogen (secondary N) is 1. The fraction of sp³-hybridized carbons (Fsp3) is 0.412. The predicted octanol–water partition coefficient (Wildman–Crippen LogP) is 3.89. The molecule has 0 fully saturated rings. The summed E-state index contributed by atoms with van der Waals surface area (Å²) < 4.78 is 2.27. The summed E-state index contributed by atoms with van der Waals surface area (Å²) in [7, 11) is 2.14. The number of hydrogen-bond donors (Lipinski definition) is 1. The van der Waals surface area contributed by atoms with E-state index in [4.69, 9.17) is 0 Å². The first-order valence-electron chi connectivity index (χ1n) is 7.10. The highest BCUT2D eigenvalue weighted by molar-refractivity contribution is 5.87. The summed E-state index contributed by atoms with van der Waals surface area (Å²) in [6, 6.07) is 8.99. The molecule has 0 bridgehead atoms. The minimum Gasteiger partial charge on any atom is -0.344 e. The number of para-hydroxylation sites is 1. The molecule has 1 N–H and O–H groups in total. The Labute approximate surface area is 116 Å². The molecule has 0 spiro atoms. The van der Waals surface area contributed by atoms with Gasteiger partial charge in [0.1, 0.15) is 0 Å². The Morgan fingerprint density at radius 1 is 1.32 bits per heavy atom. The van der Waals surface area contributed by atoms with Gasteiger partial charge in [-0.15, -0.1) is 0 Å². The van der Waals surface area contributed by atoms with Crippen molar-refractivity contribution in [3.05, 3.63) is 41.6 Å². The summed E-state index contributed by atoms with van der Waals surface area (Å²) in [6.45, 7) is 7.66. The lowest BCUT2D eigenvalue weighted by Crippen LogP contribution is -2.24. The fourth-order valence-electron chi connectivity index (χ4n) is 2.51. The molecule has 1 heterocycles. The summed E-state index contributed by atoms with van der Waals surface area (Å²) in [5, 5.41) is 4.83. The lowest BCUT2D eigenvalue weighted by atomic mass is 10.1. The highest BCUT2D eigenvalue weighted by Gasteiger charge is 2.08. The molecule has 2 heteroatoms. The first kappa shape index (κ1) is 13.9. The van der Waals surface area contributed by atoms with E-state index in [9.17, 15) is 0 Å². The normalized spacial score (nSPS) is 13.5. The van der Waals surface area contributed by atoms with Gasteiger partial charge < -0.3 is 9.88 Å². The van der Waals surface area contributed by atoms with Crippen molar-refractivity contribution in [1.82, 2.24) is 9.88 Å². The molecule has 2 nitrogen and oxygen atoms in total. The van der Waals surface area contributed by atoms with E-state index in [2.05, 4.69) is 74.1 Å². The number of aryl methyl sites for hydroxylation is 2. The Morgan fingerprint density at radius 2 is 2.05 bits per heavy atom. The van der Waals surface area contributed by atoms with Crippen LogP contribution in [0.5, 0.6) is 0 Å². The van der Waals surface area contributed by atoms with Crippen LogP contribution in [-0.2, 0) is 7.05 Å². The SMILES string of the molecule is CCCNC(C)/C=C/c1c(C)c2ccccc2n1C. The molecule has 0 aliphatic carbocycles. The smallest absolute Gasteiger partial charge is 0.0485 e. The summed E-state index contributed by atoms with van der Waals surface area (Å²) in [6.07, 6.45) is 5.66. The molecule has 0 aliphatic heterocycles. The topological polar surface area (TPSA) is 17.0 Å². The lowest BCUT2D eigenvalue weighted by molar-refractivity contribution is 0.625. The number of nitrogens with zero attached hydrogens (tertiary/aromatic N) is 1. The Kier molecular flexibility index (Phi) is 4.43.